The van der Waals surface area contributed by atoms with E-state index in [2.05, 4.69) is 302 Å². The highest BCUT2D eigenvalue weighted by molar-refractivity contribution is 6.14. The Morgan fingerprint density at radius 2 is 0.711 bits per heavy atom. The lowest BCUT2D eigenvalue weighted by molar-refractivity contribution is 0.669. The molecule has 12 aromatic carbocycles. The summed E-state index contributed by atoms with van der Waals surface area (Å²) in [5, 5.41) is 2.13. The van der Waals surface area contributed by atoms with Crippen LogP contribution in [0, 0.1) is 0 Å². The normalized spacial score (nSPS) is 13.5. The van der Waals surface area contributed by atoms with E-state index >= 15 is 0 Å². The Hall–Kier alpha value is -9.76. The van der Waals surface area contributed by atoms with Crippen molar-refractivity contribution >= 4 is 39.0 Å². The summed E-state index contributed by atoms with van der Waals surface area (Å²) in [5.41, 5.74) is 23.2. The van der Waals surface area contributed by atoms with Gasteiger partial charge in [-0.15, -0.1) is 0 Å². The van der Waals surface area contributed by atoms with E-state index in [9.17, 15) is 0 Å². The number of hydrogen-bond acceptors (Lipinski definition) is 2. The van der Waals surface area contributed by atoms with Gasteiger partial charge < -0.3 is 9.32 Å². The van der Waals surface area contributed by atoms with Gasteiger partial charge in [0.2, 0.25) is 0 Å². The summed E-state index contributed by atoms with van der Waals surface area (Å²) in [5.74, 6) is 0. The summed E-state index contributed by atoms with van der Waals surface area (Å²) in [4.78, 5) is 2.50. The van der Waals surface area contributed by atoms with Gasteiger partial charge in [0.15, 0.2) is 0 Å². The number of anilines is 3. The molecule has 356 valence electrons. The molecule has 2 aliphatic rings. The van der Waals surface area contributed by atoms with Gasteiger partial charge in [-0.05, 0) is 144 Å². The van der Waals surface area contributed by atoms with Gasteiger partial charge in [-0.1, -0.05) is 243 Å². The first-order chi connectivity index (χ1) is 37.7. The third-order valence-corrected chi connectivity index (χ3v) is 16.4. The van der Waals surface area contributed by atoms with Gasteiger partial charge in [0.05, 0.1) is 21.9 Å². The topological polar surface area (TPSA) is 16.4 Å². The quantitative estimate of drug-likeness (QED) is 0.143. The van der Waals surface area contributed by atoms with E-state index in [0.717, 1.165) is 50.1 Å². The van der Waals surface area contributed by atoms with Crippen molar-refractivity contribution in [2.24, 2.45) is 0 Å². The average Bonchev–Trinajstić information content (AvgIpc) is 4.32. The van der Waals surface area contributed by atoms with E-state index in [-0.39, 0.29) is 0 Å². The maximum atomic E-state index is 6.85. The second-order valence-electron chi connectivity index (χ2n) is 20.3. The molecule has 0 aliphatic heterocycles. The molecule has 0 fully saturated rings. The molecule has 0 saturated carbocycles. The van der Waals surface area contributed by atoms with Crippen LogP contribution in [0.5, 0.6) is 0 Å². The van der Waals surface area contributed by atoms with E-state index in [1.165, 1.54) is 77.9 Å². The summed E-state index contributed by atoms with van der Waals surface area (Å²) < 4.78 is 6.85. The molecule has 2 nitrogen and oxygen atoms in total. The minimum atomic E-state index is -0.659. The van der Waals surface area contributed by atoms with E-state index in [1.807, 2.05) is 0 Å². The molecule has 0 N–H and O–H groups in total. The first-order valence-electron chi connectivity index (χ1n) is 26.3. The van der Waals surface area contributed by atoms with Gasteiger partial charge in [-0.2, -0.15) is 0 Å². The Morgan fingerprint density at radius 3 is 1.32 bits per heavy atom. The SMILES string of the molecule is c1ccc(-c2cccc(C3(c4cccc(N(c5ccc6c(c5)C(c5ccccc5)(c5ccccc5)c5ccccc5-6)c5cccc6oc7ccc(-c8ccccc8)cc7c56)c4)c4ccccc4-c4ccccc43)c2)cc1. The minimum absolute atomic E-state index is 0.595. The zero-order valence-electron chi connectivity index (χ0n) is 41.6. The molecule has 0 spiro atoms. The molecule has 1 heterocycles. The number of hydrogen-bond donors (Lipinski definition) is 0. The first kappa shape index (κ1) is 43.8. The van der Waals surface area contributed by atoms with Gasteiger partial charge in [0.25, 0.3) is 0 Å². The Bertz CT molecular complexity index is 4260. The minimum Gasteiger partial charge on any atom is -0.456 e. The number of fused-ring (bicyclic) bond motifs is 9. The summed E-state index contributed by atoms with van der Waals surface area (Å²) in [6, 6.07) is 110. The van der Waals surface area contributed by atoms with Crippen LogP contribution in [0.1, 0.15) is 44.5 Å². The molecule has 0 radical (unpaired) electrons. The van der Waals surface area contributed by atoms with Crippen molar-refractivity contribution in [3.8, 4) is 44.5 Å². The van der Waals surface area contributed by atoms with Crippen LogP contribution >= 0.6 is 0 Å². The third kappa shape index (κ3) is 6.47. The van der Waals surface area contributed by atoms with Crippen LogP contribution in [-0.2, 0) is 10.8 Å². The molecule has 1 aromatic heterocycles. The Kier molecular flexibility index (Phi) is 10.0. The van der Waals surface area contributed by atoms with Gasteiger partial charge >= 0.3 is 0 Å². The lowest BCUT2D eigenvalue weighted by atomic mass is 9.67. The molecule has 0 unspecified atom stereocenters. The van der Waals surface area contributed by atoms with Crippen molar-refractivity contribution in [2.45, 2.75) is 10.8 Å². The molecule has 0 atom stereocenters. The second kappa shape index (κ2) is 17.4. The second-order valence-corrected chi connectivity index (χ2v) is 20.3. The van der Waals surface area contributed by atoms with Crippen LogP contribution in [0.25, 0.3) is 66.4 Å². The lowest BCUT2D eigenvalue weighted by Gasteiger charge is -2.36. The number of nitrogens with zero attached hydrogens (tertiary/aromatic N) is 1. The predicted molar refractivity (Wildman–Crippen MR) is 314 cm³/mol. The first-order valence-corrected chi connectivity index (χ1v) is 26.3. The predicted octanol–water partition coefficient (Wildman–Crippen LogP) is 19.1. The molecular weight excluding hydrogens is 919 g/mol. The molecule has 0 bridgehead atoms. The standard InChI is InChI=1S/C74H49NO/c1-5-22-50(23-6-1)52-26-19-31-56(46-52)74(66-38-17-13-34-60(66)61-35-14-18-39-67(61)74)57-32-20-33-58(48-57)75(69-40-21-41-71-72(69)64-47-53(42-45-70(64)76-71)51-24-7-2-8-25-51)59-43-44-63-62-36-15-16-37-65(62)73(68(63)49-59,54-27-9-3-10-28-54)55-29-11-4-12-30-55/h1-49H. The van der Waals surface area contributed by atoms with E-state index in [1.54, 1.807) is 0 Å². The van der Waals surface area contributed by atoms with E-state index in [0.29, 0.717) is 0 Å². The number of benzene rings is 12. The van der Waals surface area contributed by atoms with Crippen LogP contribution in [0.4, 0.5) is 17.1 Å². The molecule has 15 rings (SSSR count). The zero-order chi connectivity index (χ0) is 50.2. The highest BCUT2D eigenvalue weighted by atomic mass is 16.3. The monoisotopic (exact) mass is 967 g/mol. The molecule has 2 heteroatoms. The van der Waals surface area contributed by atoms with E-state index < -0.39 is 10.8 Å². The van der Waals surface area contributed by atoms with Crippen LogP contribution in [0.15, 0.2) is 302 Å². The van der Waals surface area contributed by atoms with Crippen molar-refractivity contribution in [2.75, 3.05) is 4.90 Å². The van der Waals surface area contributed by atoms with Crippen molar-refractivity contribution < 1.29 is 4.42 Å². The fraction of sp³-hybridized carbons (Fsp3) is 0.0270. The lowest BCUT2D eigenvalue weighted by Crippen LogP contribution is -2.29. The molecule has 13 aromatic rings. The number of rotatable bonds is 9. The molecule has 76 heavy (non-hydrogen) atoms. The maximum Gasteiger partial charge on any atom is 0.137 e. The summed E-state index contributed by atoms with van der Waals surface area (Å²) >= 11 is 0. The van der Waals surface area contributed by atoms with Crippen LogP contribution in [0.3, 0.4) is 0 Å². The van der Waals surface area contributed by atoms with Gasteiger partial charge in [0.1, 0.15) is 11.2 Å². The Morgan fingerprint density at radius 1 is 0.263 bits per heavy atom. The fourth-order valence-corrected chi connectivity index (χ4v) is 13.3. The molecule has 0 saturated heterocycles. The Labute approximate surface area is 443 Å². The summed E-state index contributed by atoms with van der Waals surface area (Å²) in [6.45, 7) is 0. The maximum absolute atomic E-state index is 6.85. The summed E-state index contributed by atoms with van der Waals surface area (Å²) in [6.07, 6.45) is 0. The highest BCUT2D eigenvalue weighted by Gasteiger charge is 2.48. The van der Waals surface area contributed by atoms with Crippen LogP contribution in [0.2, 0.25) is 0 Å². The molecule has 2 aliphatic carbocycles. The number of furan rings is 1. The third-order valence-electron chi connectivity index (χ3n) is 16.4. The average molecular weight is 968 g/mol. The van der Waals surface area contributed by atoms with Gasteiger partial charge in [-0.25, -0.2) is 0 Å². The summed E-state index contributed by atoms with van der Waals surface area (Å²) in [7, 11) is 0. The molecular formula is C74H49NO. The smallest absolute Gasteiger partial charge is 0.137 e. The largest absolute Gasteiger partial charge is 0.456 e. The highest BCUT2D eigenvalue weighted by Crippen LogP contribution is 2.60. The van der Waals surface area contributed by atoms with E-state index in [4.69, 9.17) is 4.42 Å². The van der Waals surface area contributed by atoms with Gasteiger partial charge in [-0.3, -0.25) is 0 Å². The fourth-order valence-electron chi connectivity index (χ4n) is 13.3. The van der Waals surface area contributed by atoms with Crippen molar-refractivity contribution in [1.29, 1.82) is 0 Å². The Balaban J connectivity index is 1.03. The molecule has 0 amide bonds. The van der Waals surface area contributed by atoms with Crippen LogP contribution < -0.4 is 4.90 Å². The van der Waals surface area contributed by atoms with Gasteiger partial charge in [0, 0.05) is 16.8 Å². The van der Waals surface area contributed by atoms with Crippen molar-refractivity contribution in [3.63, 3.8) is 0 Å². The van der Waals surface area contributed by atoms with Crippen molar-refractivity contribution in [1.82, 2.24) is 0 Å². The zero-order valence-corrected chi connectivity index (χ0v) is 41.6. The van der Waals surface area contributed by atoms with Crippen LogP contribution in [-0.4, -0.2) is 0 Å². The van der Waals surface area contributed by atoms with Crippen molar-refractivity contribution in [3.05, 3.63) is 342 Å².